The molecule has 0 amide bonds. The number of methoxy groups -OCH3 is 1. The van der Waals surface area contributed by atoms with Gasteiger partial charge in [-0.2, -0.15) is 0 Å². The van der Waals surface area contributed by atoms with Crippen molar-refractivity contribution in [3.8, 4) is 0 Å². The van der Waals surface area contributed by atoms with Crippen LogP contribution in [0.25, 0.3) is 0 Å². The Labute approximate surface area is 118 Å². The molecule has 114 valence electrons. The SMILES string of the molecule is CNCC1(CN(CCO)CCOC)CCCC(C)C1. The summed E-state index contributed by atoms with van der Waals surface area (Å²) in [5.41, 5.74) is 0.370. The molecular formula is C15H32N2O2. The summed E-state index contributed by atoms with van der Waals surface area (Å²) >= 11 is 0. The molecule has 19 heavy (non-hydrogen) atoms. The highest BCUT2D eigenvalue weighted by Crippen LogP contribution is 2.39. The Hall–Kier alpha value is -0.160. The first kappa shape index (κ1) is 16.9. The Morgan fingerprint density at radius 3 is 2.79 bits per heavy atom. The van der Waals surface area contributed by atoms with Crippen LogP contribution in [0.3, 0.4) is 0 Å². The molecule has 2 atom stereocenters. The average Bonchev–Trinajstić information content (AvgIpc) is 2.36. The molecule has 1 aliphatic rings. The van der Waals surface area contributed by atoms with E-state index in [4.69, 9.17) is 4.74 Å². The molecule has 1 aliphatic carbocycles. The fraction of sp³-hybridized carbons (Fsp3) is 1.00. The molecule has 1 saturated carbocycles. The van der Waals surface area contributed by atoms with Crippen molar-refractivity contribution in [2.24, 2.45) is 11.3 Å². The van der Waals surface area contributed by atoms with E-state index in [9.17, 15) is 5.11 Å². The van der Waals surface area contributed by atoms with Crippen molar-refractivity contribution in [2.75, 3.05) is 53.6 Å². The van der Waals surface area contributed by atoms with E-state index in [1.165, 1.54) is 25.7 Å². The summed E-state index contributed by atoms with van der Waals surface area (Å²) in [5, 5.41) is 12.6. The summed E-state index contributed by atoms with van der Waals surface area (Å²) in [6.07, 6.45) is 5.29. The average molecular weight is 272 g/mol. The zero-order chi connectivity index (χ0) is 14.1. The van der Waals surface area contributed by atoms with Gasteiger partial charge in [0.1, 0.15) is 0 Å². The van der Waals surface area contributed by atoms with Gasteiger partial charge in [0.15, 0.2) is 0 Å². The Morgan fingerprint density at radius 2 is 2.21 bits per heavy atom. The Balaban J connectivity index is 2.62. The first-order valence-electron chi connectivity index (χ1n) is 7.62. The zero-order valence-corrected chi connectivity index (χ0v) is 13.0. The van der Waals surface area contributed by atoms with Crippen LogP contribution in [0.1, 0.15) is 32.6 Å². The van der Waals surface area contributed by atoms with Crippen LogP contribution in [0.5, 0.6) is 0 Å². The minimum absolute atomic E-state index is 0.231. The van der Waals surface area contributed by atoms with Gasteiger partial charge in [-0.25, -0.2) is 0 Å². The van der Waals surface area contributed by atoms with Crippen LogP contribution in [0.2, 0.25) is 0 Å². The Bertz CT molecular complexity index is 234. The van der Waals surface area contributed by atoms with Crippen molar-refractivity contribution < 1.29 is 9.84 Å². The van der Waals surface area contributed by atoms with Gasteiger partial charge >= 0.3 is 0 Å². The van der Waals surface area contributed by atoms with E-state index in [2.05, 4.69) is 17.1 Å². The molecule has 0 saturated heterocycles. The van der Waals surface area contributed by atoms with Crippen LogP contribution in [0, 0.1) is 11.3 Å². The summed E-state index contributed by atoms with van der Waals surface area (Å²) in [6.45, 7) is 7.16. The lowest BCUT2D eigenvalue weighted by Gasteiger charge is -2.43. The first-order chi connectivity index (χ1) is 9.15. The van der Waals surface area contributed by atoms with Crippen LogP contribution >= 0.6 is 0 Å². The smallest absolute Gasteiger partial charge is 0.0589 e. The maximum Gasteiger partial charge on any atom is 0.0589 e. The summed E-state index contributed by atoms with van der Waals surface area (Å²) in [6, 6.07) is 0. The summed E-state index contributed by atoms with van der Waals surface area (Å²) in [4.78, 5) is 2.36. The van der Waals surface area contributed by atoms with Gasteiger partial charge in [-0.15, -0.1) is 0 Å². The quantitative estimate of drug-likeness (QED) is 0.665. The second-order valence-electron chi connectivity index (χ2n) is 6.22. The molecule has 0 aromatic heterocycles. The van der Waals surface area contributed by atoms with E-state index in [-0.39, 0.29) is 6.61 Å². The normalized spacial score (nSPS) is 27.9. The maximum absolute atomic E-state index is 9.23. The Morgan fingerprint density at radius 1 is 1.42 bits per heavy atom. The number of aliphatic hydroxyl groups is 1. The molecule has 0 aromatic carbocycles. The van der Waals surface area contributed by atoms with E-state index >= 15 is 0 Å². The standard InChI is InChI=1S/C15H32N2O2/c1-14-5-4-6-15(11-14,12-16-2)13-17(7-9-18)8-10-19-3/h14,16,18H,4-13H2,1-3H3. The van der Waals surface area contributed by atoms with Crippen LogP contribution in [-0.2, 0) is 4.74 Å². The second-order valence-corrected chi connectivity index (χ2v) is 6.22. The molecule has 4 heteroatoms. The zero-order valence-electron chi connectivity index (χ0n) is 13.0. The van der Waals surface area contributed by atoms with E-state index in [1.807, 2.05) is 7.05 Å². The Kier molecular flexibility index (Phi) is 7.91. The van der Waals surface area contributed by atoms with Crippen LogP contribution < -0.4 is 5.32 Å². The van der Waals surface area contributed by atoms with Crippen molar-refractivity contribution in [1.82, 2.24) is 10.2 Å². The minimum atomic E-state index is 0.231. The first-order valence-corrected chi connectivity index (χ1v) is 7.62. The third-order valence-corrected chi connectivity index (χ3v) is 4.32. The van der Waals surface area contributed by atoms with Gasteiger partial charge in [0.2, 0.25) is 0 Å². The van der Waals surface area contributed by atoms with Crippen molar-refractivity contribution in [3.05, 3.63) is 0 Å². The lowest BCUT2D eigenvalue weighted by Crippen LogP contribution is -2.47. The molecule has 0 radical (unpaired) electrons. The molecule has 1 rings (SSSR count). The number of ether oxygens (including phenoxy) is 1. The molecule has 0 aliphatic heterocycles. The van der Waals surface area contributed by atoms with Crippen molar-refractivity contribution in [1.29, 1.82) is 0 Å². The minimum Gasteiger partial charge on any atom is -0.395 e. The summed E-state index contributed by atoms with van der Waals surface area (Å²) < 4.78 is 5.18. The molecule has 0 spiro atoms. The molecular weight excluding hydrogens is 240 g/mol. The van der Waals surface area contributed by atoms with Crippen molar-refractivity contribution in [2.45, 2.75) is 32.6 Å². The molecule has 0 heterocycles. The second kappa shape index (κ2) is 8.90. The van der Waals surface area contributed by atoms with Crippen LogP contribution in [-0.4, -0.2) is 63.6 Å². The molecule has 1 fully saturated rings. The topological polar surface area (TPSA) is 44.7 Å². The summed E-state index contributed by atoms with van der Waals surface area (Å²) in [5.74, 6) is 0.820. The predicted molar refractivity (Wildman–Crippen MR) is 79.4 cm³/mol. The van der Waals surface area contributed by atoms with Gasteiger partial charge in [0, 0.05) is 33.3 Å². The monoisotopic (exact) mass is 272 g/mol. The number of nitrogens with one attached hydrogen (secondary N) is 1. The van der Waals surface area contributed by atoms with E-state index < -0.39 is 0 Å². The van der Waals surface area contributed by atoms with Gasteiger partial charge in [0.25, 0.3) is 0 Å². The lowest BCUT2D eigenvalue weighted by atomic mass is 9.69. The highest BCUT2D eigenvalue weighted by atomic mass is 16.5. The van der Waals surface area contributed by atoms with Gasteiger partial charge < -0.3 is 15.2 Å². The molecule has 4 nitrogen and oxygen atoms in total. The highest BCUT2D eigenvalue weighted by Gasteiger charge is 2.35. The number of nitrogens with zero attached hydrogens (tertiary/aromatic N) is 1. The van der Waals surface area contributed by atoms with Crippen LogP contribution in [0.4, 0.5) is 0 Å². The lowest BCUT2D eigenvalue weighted by molar-refractivity contribution is 0.0558. The van der Waals surface area contributed by atoms with E-state index in [0.717, 1.165) is 38.7 Å². The van der Waals surface area contributed by atoms with Gasteiger partial charge in [-0.05, 0) is 31.2 Å². The van der Waals surface area contributed by atoms with Crippen molar-refractivity contribution in [3.63, 3.8) is 0 Å². The largest absolute Gasteiger partial charge is 0.395 e. The third kappa shape index (κ3) is 5.78. The number of aliphatic hydroxyl groups excluding tert-OH is 1. The molecule has 0 bridgehead atoms. The predicted octanol–water partition coefficient (Wildman–Crippen LogP) is 1.34. The highest BCUT2D eigenvalue weighted by molar-refractivity contribution is 4.89. The molecule has 0 aromatic rings. The van der Waals surface area contributed by atoms with Crippen molar-refractivity contribution >= 4 is 0 Å². The number of rotatable bonds is 9. The van der Waals surface area contributed by atoms with Gasteiger partial charge in [-0.1, -0.05) is 19.8 Å². The fourth-order valence-electron chi connectivity index (χ4n) is 3.61. The van der Waals surface area contributed by atoms with E-state index in [0.29, 0.717) is 5.41 Å². The molecule has 2 unspecified atom stereocenters. The van der Waals surface area contributed by atoms with Crippen LogP contribution in [0.15, 0.2) is 0 Å². The van der Waals surface area contributed by atoms with Gasteiger partial charge in [0.05, 0.1) is 13.2 Å². The third-order valence-electron chi connectivity index (χ3n) is 4.32. The fourth-order valence-corrected chi connectivity index (χ4v) is 3.61. The number of hydrogen-bond donors (Lipinski definition) is 2. The van der Waals surface area contributed by atoms with E-state index in [1.54, 1.807) is 7.11 Å². The van der Waals surface area contributed by atoms with Gasteiger partial charge in [-0.3, -0.25) is 4.90 Å². The molecule has 2 N–H and O–H groups in total. The maximum atomic E-state index is 9.23. The number of hydrogen-bond acceptors (Lipinski definition) is 4. The summed E-state index contributed by atoms with van der Waals surface area (Å²) in [7, 11) is 3.79.